The van der Waals surface area contributed by atoms with E-state index in [0.29, 0.717) is 104 Å². The van der Waals surface area contributed by atoms with E-state index in [2.05, 4.69) is 5.11 Å². The number of hydroxylamine groups is 2. The average molecular weight is 552 g/mol. The maximum Gasteiger partial charge on any atom is 0.335 e. The lowest BCUT2D eigenvalue weighted by Crippen LogP contribution is -2.32. The van der Waals surface area contributed by atoms with Crippen molar-refractivity contribution in [2.45, 2.75) is 19.3 Å². The van der Waals surface area contributed by atoms with Crippen LogP contribution in [0.4, 0.5) is 0 Å². The van der Waals surface area contributed by atoms with Crippen molar-refractivity contribution in [3.05, 3.63) is 0 Å². The summed E-state index contributed by atoms with van der Waals surface area (Å²) in [5, 5.41) is 3.71. The second kappa shape index (κ2) is 25.2. The van der Waals surface area contributed by atoms with Crippen molar-refractivity contribution in [2.24, 2.45) is 5.11 Å². The molecule has 1 heterocycles. The Kier molecular flexibility index (Phi) is 22.5. The maximum absolute atomic E-state index is 11.6. The van der Waals surface area contributed by atoms with Crippen molar-refractivity contribution in [1.29, 1.82) is 5.53 Å². The van der Waals surface area contributed by atoms with E-state index >= 15 is 0 Å². The molecule has 1 saturated heterocycles. The standard InChI is InChI=1S/C23H41N3O12/c24-25-4-6-31-8-10-33-12-14-35-16-18-37-20-19-36-17-15-34-13-11-32-9-7-30-5-3-23(29)38-26-21(27)1-2-22(26)28/h24H,1-20H2. The lowest BCUT2D eigenvalue weighted by molar-refractivity contribution is -0.198. The van der Waals surface area contributed by atoms with Gasteiger partial charge in [0.1, 0.15) is 0 Å². The molecule has 0 aromatic carbocycles. The SMILES string of the molecule is N=NCCOCCOCCOCCOCCOCCOCCOCCOCCC(=O)ON1C(=O)CCC1=O. The lowest BCUT2D eigenvalue weighted by atomic mass is 10.4. The highest BCUT2D eigenvalue weighted by atomic mass is 16.7. The molecule has 0 aromatic heterocycles. The van der Waals surface area contributed by atoms with Crippen molar-refractivity contribution >= 4 is 17.8 Å². The van der Waals surface area contributed by atoms with Crippen LogP contribution in [0.3, 0.4) is 0 Å². The highest BCUT2D eigenvalue weighted by Crippen LogP contribution is 2.12. The minimum atomic E-state index is -0.698. The van der Waals surface area contributed by atoms with Gasteiger partial charge in [0.2, 0.25) is 0 Å². The second-order valence-corrected chi connectivity index (χ2v) is 7.58. The molecule has 1 rings (SSSR count). The predicted octanol–water partition coefficient (Wildman–Crippen LogP) is 0.147. The molecular weight excluding hydrogens is 510 g/mol. The van der Waals surface area contributed by atoms with Crippen LogP contribution in [0.5, 0.6) is 0 Å². The minimum Gasteiger partial charge on any atom is -0.378 e. The number of amides is 2. The Labute approximate surface area is 222 Å². The number of carbonyl (C=O) groups excluding carboxylic acids is 3. The van der Waals surface area contributed by atoms with Crippen LogP contribution in [0.2, 0.25) is 0 Å². The summed E-state index contributed by atoms with van der Waals surface area (Å²) in [5.74, 6) is -1.72. The molecule has 1 fully saturated rings. The summed E-state index contributed by atoms with van der Waals surface area (Å²) in [6.07, 6.45) is 0.0514. The van der Waals surface area contributed by atoms with E-state index in [0.717, 1.165) is 0 Å². The average Bonchev–Trinajstić information content (AvgIpc) is 3.22. The summed E-state index contributed by atoms with van der Waals surface area (Å²) in [6.45, 7) is 7.08. The third-order valence-corrected chi connectivity index (χ3v) is 4.60. The van der Waals surface area contributed by atoms with E-state index in [-0.39, 0.29) is 32.5 Å². The fraction of sp³-hybridized carbons (Fsp3) is 0.870. The van der Waals surface area contributed by atoms with Gasteiger partial charge >= 0.3 is 5.97 Å². The smallest absolute Gasteiger partial charge is 0.335 e. The van der Waals surface area contributed by atoms with Crippen LogP contribution >= 0.6 is 0 Å². The minimum absolute atomic E-state index is 0.0613. The van der Waals surface area contributed by atoms with Gasteiger partial charge in [0.05, 0.1) is 119 Å². The Morgan fingerprint density at radius 1 is 0.579 bits per heavy atom. The van der Waals surface area contributed by atoms with Crippen LogP contribution in [-0.4, -0.2) is 135 Å². The van der Waals surface area contributed by atoms with Gasteiger partial charge in [-0.15, -0.1) is 5.06 Å². The van der Waals surface area contributed by atoms with Gasteiger partial charge in [0, 0.05) is 12.8 Å². The Hall–Kier alpha value is -2.11. The van der Waals surface area contributed by atoms with Gasteiger partial charge in [-0.25, -0.2) is 10.3 Å². The predicted molar refractivity (Wildman–Crippen MR) is 128 cm³/mol. The topological polar surface area (TPSA) is 174 Å². The first-order valence-corrected chi connectivity index (χ1v) is 12.7. The third-order valence-electron chi connectivity index (χ3n) is 4.60. The quantitative estimate of drug-likeness (QED) is 0.0793. The van der Waals surface area contributed by atoms with Gasteiger partial charge in [-0.05, 0) is 0 Å². The summed E-state index contributed by atoms with van der Waals surface area (Å²) in [4.78, 5) is 39.0. The van der Waals surface area contributed by atoms with Crippen LogP contribution in [0, 0.1) is 5.53 Å². The number of nitrogens with one attached hydrogen (secondary N) is 1. The summed E-state index contributed by atoms with van der Waals surface area (Å²) in [5.41, 5.74) is 6.62. The number of rotatable bonds is 28. The van der Waals surface area contributed by atoms with Crippen molar-refractivity contribution in [1.82, 2.24) is 5.06 Å². The highest BCUT2D eigenvalue weighted by Gasteiger charge is 2.32. The zero-order valence-corrected chi connectivity index (χ0v) is 21.9. The molecule has 0 bridgehead atoms. The zero-order chi connectivity index (χ0) is 27.5. The molecule has 220 valence electrons. The molecule has 0 unspecified atom stereocenters. The Morgan fingerprint density at radius 2 is 0.895 bits per heavy atom. The molecule has 0 atom stereocenters. The van der Waals surface area contributed by atoms with Gasteiger partial charge in [0.25, 0.3) is 11.8 Å². The van der Waals surface area contributed by atoms with Crippen LogP contribution in [-0.2, 0) is 57.1 Å². The van der Waals surface area contributed by atoms with Gasteiger partial charge in [-0.3, -0.25) is 9.59 Å². The molecule has 1 aliphatic rings. The van der Waals surface area contributed by atoms with Crippen LogP contribution < -0.4 is 0 Å². The summed E-state index contributed by atoms with van der Waals surface area (Å²) >= 11 is 0. The Morgan fingerprint density at radius 3 is 1.24 bits per heavy atom. The molecule has 0 radical (unpaired) electrons. The molecule has 0 saturated carbocycles. The molecule has 0 spiro atoms. The highest BCUT2D eigenvalue weighted by molar-refractivity contribution is 6.01. The number of nitrogens with zero attached hydrogens (tertiary/aromatic N) is 2. The van der Waals surface area contributed by atoms with Crippen molar-refractivity contribution in [3.63, 3.8) is 0 Å². The van der Waals surface area contributed by atoms with Gasteiger partial charge in [-0.1, -0.05) is 0 Å². The van der Waals surface area contributed by atoms with E-state index in [1.165, 1.54) is 0 Å². The molecule has 38 heavy (non-hydrogen) atoms. The van der Waals surface area contributed by atoms with Crippen LogP contribution in [0.15, 0.2) is 5.11 Å². The monoisotopic (exact) mass is 551 g/mol. The summed E-state index contributed by atoms with van der Waals surface area (Å²) < 4.78 is 42.7. The number of ether oxygens (including phenoxy) is 8. The Balaban J connectivity index is 1.69. The molecule has 0 aliphatic carbocycles. The Bertz CT molecular complexity index is 625. The van der Waals surface area contributed by atoms with E-state index in [1.54, 1.807) is 0 Å². The number of imide groups is 1. The number of hydrogen-bond donors (Lipinski definition) is 1. The zero-order valence-electron chi connectivity index (χ0n) is 21.9. The van der Waals surface area contributed by atoms with Gasteiger partial charge in [0.15, 0.2) is 0 Å². The fourth-order valence-corrected chi connectivity index (χ4v) is 2.71. The normalized spacial score (nSPS) is 13.4. The largest absolute Gasteiger partial charge is 0.378 e. The fourth-order valence-electron chi connectivity index (χ4n) is 2.71. The molecule has 1 aliphatic heterocycles. The first-order valence-electron chi connectivity index (χ1n) is 12.7. The molecular formula is C23H41N3O12. The van der Waals surface area contributed by atoms with E-state index in [1.807, 2.05) is 0 Å². The molecule has 1 N–H and O–H groups in total. The molecule has 2 amide bonds. The lowest BCUT2D eigenvalue weighted by Gasteiger charge is -2.12. The van der Waals surface area contributed by atoms with Crippen molar-refractivity contribution < 1.29 is 57.1 Å². The number of carbonyl (C=O) groups is 3. The molecule has 15 nitrogen and oxygen atoms in total. The summed E-state index contributed by atoms with van der Waals surface area (Å²) in [6, 6.07) is 0. The first-order chi connectivity index (χ1) is 18.6. The van der Waals surface area contributed by atoms with Crippen molar-refractivity contribution in [3.8, 4) is 0 Å². The van der Waals surface area contributed by atoms with Crippen LogP contribution in [0.25, 0.3) is 0 Å². The second-order valence-electron chi connectivity index (χ2n) is 7.58. The van der Waals surface area contributed by atoms with E-state index < -0.39 is 17.8 Å². The van der Waals surface area contributed by atoms with E-state index in [4.69, 9.17) is 48.3 Å². The number of hydrogen-bond acceptors (Lipinski definition) is 14. The molecule has 15 heteroatoms. The maximum atomic E-state index is 11.6. The van der Waals surface area contributed by atoms with Crippen LogP contribution in [0.1, 0.15) is 19.3 Å². The molecule has 0 aromatic rings. The summed E-state index contributed by atoms with van der Waals surface area (Å²) in [7, 11) is 0. The first kappa shape index (κ1) is 33.9. The third kappa shape index (κ3) is 19.9. The van der Waals surface area contributed by atoms with Gasteiger partial charge < -0.3 is 42.7 Å². The van der Waals surface area contributed by atoms with Gasteiger partial charge in [-0.2, -0.15) is 5.11 Å². The van der Waals surface area contributed by atoms with Crippen molar-refractivity contribution in [2.75, 3.05) is 112 Å². The van der Waals surface area contributed by atoms with E-state index in [9.17, 15) is 14.4 Å².